The van der Waals surface area contributed by atoms with Gasteiger partial charge in [0.15, 0.2) is 0 Å². The van der Waals surface area contributed by atoms with Crippen LogP contribution in [-0.4, -0.2) is 48.9 Å². The van der Waals surface area contributed by atoms with Crippen LogP contribution in [0.15, 0.2) is 30.3 Å². The lowest BCUT2D eigenvalue weighted by molar-refractivity contribution is -0.134. The molecule has 2 unspecified atom stereocenters. The molecular weight excluding hydrogens is 238 g/mol. The van der Waals surface area contributed by atoms with Crippen LogP contribution in [-0.2, 0) is 4.79 Å². The topological polar surface area (TPSA) is 49.6 Å². The van der Waals surface area contributed by atoms with Crippen LogP contribution in [0.2, 0.25) is 0 Å². The van der Waals surface area contributed by atoms with Crippen molar-refractivity contribution in [3.05, 3.63) is 35.9 Å². The highest BCUT2D eigenvalue weighted by molar-refractivity contribution is 5.83. The number of amides is 1. The molecule has 0 heterocycles. The van der Waals surface area contributed by atoms with Gasteiger partial charge in [-0.3, -0.25) is 4.79 Å². The summed E-state index contributed by atoms with van der Waals surface area (Å²) >= 11 is 0. The van der Waals surface area contributed by atoms with Gasteiger partial charge in [-0.1, -0.05) is 30.3 Å². The van der Waals surface area contributed by atoms with Crippen molar-refractivity contribution in [2.24, 2.45) is 5.73 Å². The van der Waals surface area contributed by atoms with Gasteiger partial charge in [-0.05, 0) is 33.5 Å². The molecule has 0 bridgehead atoms. The van der Waals surface area contributed by atoms with E-state index < -0.39 is 6.04 Å². The van der Waals surface area contributed by atoms with Crippen molar-refractivity contribution in [2.45, 2.75) is 25.9 Å². The zero-order valence-electron chi connectivity index (χ0n) is 12.3. The Hall–Kier alpha value is -1.39. The highest BCUT2D eigenvalue weighted by Crippen LogP contribution is 2.14. The Kier molecular flexibility index (Phi) is 5.99. The van der Waals surface area contributed by atoms with Crippen molar-refractivity contribution >= 4 is 5.91 Å². The molecule has 0 fully saturated rings. The molecule has 0 saturated carbocycles. The average Bonchev–Trinajstić information content (AvgIpc) is 2.38. The molecule has 0 saturated heterocycles. The lowest BCUT2D eigenvalue weighted by Gasteiger charge is -2.32. The number of likely N-dealkylation sites (N-methyl/N-ethyl adjacent to an activating group) is 2. The number of nitrogens with two attached hydrogens (primary N) is 1. The van der Waals surface area contributed by atoms with Crippen LogP contribution in [0, 0.1) is 0 Å². The van der Waals surface area contributed by atoms with Crippen LogP contribution in [0.3, 0.4) is 0 Å². The highest BCUT2D eigenvalue weighted by atomic mass is 16.2. The molecule has 2 atom stereocenters. The third-order valence-electron chi connectivity index (χ3n) is 3.21. The van der Waals surface area contributed by atoms with Gasteiger partial charge in [0.2, 0.25) is 5.91 Å². The third kappa shape index (κ3) is 4.33. The minimum Gasteiger partial charge on any atom is -0.337 e. The van der Waals surface area contributed by atoms with E-state index in [0.717, 1.165) is 12.1 Å². The van der Waals surface area contributed by atoms with Crippen molar-refractivity contribution < 1.29 is 4.79 Å². The van der Waals surface area contributed by atoms with E-state index in [1.54, 1.807) is 0 Å². The van der Waals surface area contributed by atoms with E-state index in [0.29, 0.717) is 6.54 Å². The van der Waals surface area contributed by atoms with Gasteiger partial charge >= 0.3 is 0 Å². The maximum atomic E-state index is 12.5. The van der Waals surface area contributed by atoms with Crippen molar-refractivity contribution in [3.63, 3.8) is 0 Å². The molecule has 1 aromatic rings. The Morgan fingerprint density at radius 1 is 1.26 bits per heavy atom. The smallest absolute Gasteiger partial charge is 0.244 e. The summed E-state index contributed by atoms with van der Waals surface area (Å²) in [6.07, 6.45) is 0. The number of benzene rings is 1. The van der Waals surface area contributed by atoms with E-state index in [2.05, 4.69) is 11.8 Å². The Morgan fingerprint density at radius 3 is 2.32 bits per heavy atom. The second-order valence-corrected chi connectivity index (χ2v) is 5.12. The Labute approximate surface area is 116 Å². The summed E-state index contributed by atoms with van der Waals surface area (Å²) in [4.78, 5) is 16.4. The zero-order chi connectivity index (χ0) is 14.4. The van der Waals surface area contributed by atoms with Gasteiger partial charge in [-0.2, -0.15) is 0 Å². The molecule has 0 spiro atoms. The summed E-state index contributed by atoms with van der Waals surface area (Å²) in [6, 6.07) is 9.10. The van der Waals surface area contributed by atoms with Gasteiger partial charge in [0.05, 0.1) is 0 Å². The molecule has 0 aliphatic carbocycles. The molecule has 106 valence electrons. The molecule has 4 heteroatoms. The summed E-state index contributed by atoms with van der Waals surface area (Å²) < 4.78 is 0. The normalized spacial score (nSPS) is 14.2. The molecule has 19 heavy (non-hydrogen) atoms. The lowest BCUT2D eigenvalue weighted by atomic mass is 10.1. The monoisotopic (exact) mass is 263 g/mol. The van der Waals surface area contributed by atoms with Crippen molar-refractivity contribution in [3.8, 4) is 0 Å². The number of rotatable bonds is 6. The first-order valence-electron chi connectivity index (χ1n) is 6.73. The average molecular weight is 263 g/mol. The predicted octanol–water partition coefficient (Wildman–Crippen LogP) is 1.48. The third-order valence-corrected chi connectivity index (χ3v) is 3.21. The van der Waals surface area contributed by atoms with E-state index >= 15 is 0 Å². The van der Waals surface area contributed by atoms with Gasteiger partial charge < -0.3 is 15.5 Å². The Bertz CT molecular complexity index is 392. The first-order chi connectivity index (χ1) is 8.97. The van der Waals surface area contributed by atoms with E-state index in [-0.39, 0.29) is 11.9 Å². The van der Waals surface area contributed by atoms with Gasteiger partial charge in [-0.15, -0.1) is 0 Å². The van der Waals surface area contributed by atoms with Gasteiger partial charge in [0, 0.05) is 19.1 Å². The maximum Gasteiger partial charge on any atom is 0.244 e. The molecule has 0 aliphatic rings. The summed E-state index contributed by atoms with van der Waals surface area (Å²) in [5.74, 6) is -0.0111. The van der Waals surface area contributed by atoms with Crippen LogP contribution in [0.1, 0.15) is 25.5 Å². The van der Waals surface area contributed by atoms with Crippen molar-refractivity contribution in [2.75, 3.05) is 27.2 Å². The summed E-state index contributed by atoms with van der Waals surface area (Å²) in [5.41, 5.74) is 6.94. The summed E-state index contributed by atoms with van der Waals surface area (Å²) in [7, 11) is 4.01. The SMILES string of the molecule is CCN(C(=O)C(N)c1ccccc1)C(C)CN(C)C. The standard InChI is InChI=1S/C15H25N3O/c1-5-18(12(2)11-17(3)4)15(19)14(16)13-9-7-6-8-10-13/h6-10,12,14H,5,11,16H2,1-4H3. The van der Waals surface area contributed by atoms with Gasteiger partial charge in [-0.25, -0.2) is 0 Å². The minimum absolute atomic E-state index is 0.0111. The van der Waals surface area contributed by atoms with Crippen LogP contribution in [0.4, 0.5) is 0 Å². The maximum absolute atomic E-state index is 12.5. The molecule has 1 amide bonds. The first kappa shape index (κ1) is 15.7. The lowest BCUT2D eigenvalue weighted by Crippen LogP contribution is -2.47. The molecule has 1 aromatic carbocycles. The van der Waals surface area contributed by atoms with Crippen LogP contribution >= 0.6 is 0 Å². The molecule has 2 N–H and O–H groups in total. The van der Waals surface area contributed by atoms with Crippen molar-refractivity contribution in [1.82, 2.24) is 9.80 Å². The van der Waals surface area contributed by atoms with Crippen molar-refractivity contribution in [1.29, 1.82) is 0 Å². The number of hydrogen-bond acceptors (Lipinski definition) is 3. The largest absolute Gasteiger partial charge is 0.337 e. The fourth-order valence-electron chi connectivity index (χ4n) is 2.29. The molecule has 0 radical (unpaired) electrons. The number of hydrogen-bond donors (Lipinski definition) is 1. The van der Waals surface area contributed by atoms with E-state index in [4.69, 9.17) is 5.73 Å². The summed E-state index contributed by atoms with van der Waals surface area (Å²) in [6.45, 7) is 5.55. The number of carbonyl (C=O) groups is 1. The molecular formula is C15H25N3O. The molecule has 1 rings (SSSR count). The first-order valence-corrected chi connectivity index (χ1v) is 6.73. The molecule has 0 aliphatic heterocycles. The molecule has 4 nitrogen and oxygen atoms in total. The fraction of sp³-hybridized carbons (Fsp3) is 0.533. The van der Waals surface area contributed by atoms with Gasteiger partial charge in [0.25, 0.3) is 0 Å². The number of carbonyl (C=O) groups excluding carboxylic acids is 1. The van der Waals surface area contributed by atoms with Crippen LogP contribution < -0.4 is 5.73 Å². The second-order valence-electron chi connectivity index (χ2n) is 5.12. The quantitative estimate of drug-likeness (QED) is 0.846. The Balaban J connectivity index is 2.78. The summed E-state index contributed by atoms with van der Waals surface area (Å²) in [5, 5.41) is 0. The predicted molar refractivity (Wildman–Crippen MR) is 78.8 cm³/mol. The van der Waals surface area contributed by atoms with E-state index in [1.165, 1.54) is 0 Å². The Morgan fingerprint density at radius 2 is 1.84 bits per heavy atom. The second kappa shape index (κ2) is 7.26. The van der Waals surface area contributed by atoms with Crippen LogP contribution in [0.25, 0.3) is 0 Å². The van der Waals surface area contributed by atoms with Gasteiger partial charge in [0.1, 0.15) is 6.04 Å². The fourth-order valence-corrected chi connectivity index (χ4v) is 2.29. The van der Waals surface area contributed by atoms with Crippen LogP contribution in [0.5, 0.6) is 0 Å². The number of nitrogens with zero attached hydrogens (tertiary/aromatic N) is 2. The zero-order valence-corrected chi connectivity index (χ0v) is 12.3. The minimum atomic E-state index is -0.578. The van der Waals surface area contributed by atoms with E-state index in [9.17, 15) is 4.79 Å². The highest BCUT2D eigenvalue weighted by Gasteiger charge is 2.25. The van der Waals surface area contributed by atoms with E-state index in [1.807, 2.05) is 56.3 Å². The molecule has 0 aromatic heterocycles.